The molecule has 1 atom stereocenters. The summed E-state index contributed by atoms with van der Waals surface area (Å²) in [6, 6.07) is 8.62. The molecule has 2 N–H and O–H groups in total. The van der Waals surface area contributed by atoms with Gasteiger partial charge in [0, 0.05) is 20.8 Å². The van der Waals surface area contributed by atoms with Crippen LogP contribution in [0.3, 0.4) is 0 Å². The summed E-state index contributed by atoms with van der Waals surface area (Å²) in [6.07, 6.45) is -0.711. The van der Waals surface area contributed by atoms with Crippen LogP contribution in [0.2, 0.25) is 0 Å². The van der Waals surface area contributed by atoms with Gasteiger partial charge in [0.1, 0.15) is 12.6 Å². The van der Waals surface area contributed by atoms with Crippen molar-refractivity contribution in [2.24, 2.45) is 0 Å². The van der Waals surface area contributed by atoms with Crippen molar-refractivity contribution in [3.05, 3.63) is 35.9 Å². The molecule has 0 aromatic heterocycles. The predicted molar refractivity (Wildman–Crippen MR) is 102 cm³/mol. The van der Waals surface area contributed by atoms with E-state index in [0.717, 1.165) is 5.56 Å². The molecule has 2 amide bonds. The van der Waals surface area contributed by atoms with Gasteiger partial charge in [-0.15, -0.1) is 0 Å². The topological polar surface area (TPSA) is 104 Å². The first-order valence-electron chi connectivity index (χ1n) is 9.05. The Kier molecular flexibility index (Phi) is 13.5. The first-order chi connectivity index (χ1) is 13.7. The van der Waals surface area contributed by atoms with Gasteiger partial charge in [-0.1, -0.05) is 30.3 Å². The molecule has 1 rings (SSSR count). The lowest BCUT2D eigenvalue weighted by molar-refractivity contribution is -0.124. The molecule has 1 aromatic rings. The quantitative estimate of drug-likeness (QED) is 0.420. The Morgan fingerprint density at radius 3 is 2.18 bits per heavy atom. The number of hydrogen-bond donors (Lipinski definition) is 2. The monoisotopic (exact) mass is 398 g/mol. The number of benzene rings is 1. The zero-order chi connectivity index (χ0) is 20.5. The smallest absolute Gasteiger partial charge is 0.407 e. The van der Waals surface area contributed by atoms with Gasteiger partial charge in [-0.2, -0.15) is 0 Å². The lowest BCUT2D eigenvalue weighted by atomic mass is 10.2. The molecule has 0 aliphatic carbocycles. The van der Waals surface area contributed by atoms with Gasteiger partial charge in [0.25, 0.3) is 0 Å². The largest absolute Gasteiger partial charge is 0.447 e. The highest BCUT2D eigenvalue weighted by molar-refractivity contribution is 5.85. The molecular formula is C19H30N2O7. The number of methoxy groups -OCH3 is 2. The SMILES string of the molecule is COCCOCCOCCOC(=O)N[C@H](COC)C(=O)NCc1ccccc1. The van der Waals surface area contributed by atoms with Gasteiger partial charge in [0.2, 0.25) is 5.91 Å². The lowest BCUT2D eigenvalue weighted by Gasteiger charge is -2.17. The Balaban J connectivity index is 2.19. The number of ether oxygens (including phenoxy) is 5. The van der Waals surface area contributed by atoms with E-state index in [0.29, 0.717) is 33.0 Å². The Hall–Kier alpha value is -2.20. The van der Waals surface area contributed by atoms with Crippen LogP contribution in [0, 0.1) is 0 Å². The summed E-state index contributed by atoms with van der Waals surface area (Å²) in [7, 11) is 3.05. The number of nitrogens with one attached hydrogen (secondary N) is 2. The van der Waals surface area contributed by atoms with E-state index in [-0.39, 0.29) is 25.7 Å². The van der Waals surface area contributed by atoms with Crippen molar-refractivity contribution in [2.75, 3.05) is 60.5 Å². The van der Waals surface area contributed by atoms with Crippen molar-refractivity contribution in [1.29, 1.82) is 0 Å². The van der Waals surface area contributed by atoms with Gasteiger partial charge in [0.15, 0.2) is 0 Å². The Bertz CT molecular complexity index is 542. The molecule has 1 aromatic carbocycles. The van der Waals surface area contributed by atoms with E-state index in [1.54, 1.807) is 7.11 Å². The predicted octanol–water partition coefficient (Wildman–Crippen LogP) is 0.724. The van der Waals surface area contributed by atoms with Crippen molar-refractivity contribution in [2.45, 2.75) is 12.6 Å². The summed E-state index contributed by atoms with van der Waals surface area (Å²) in [5.74, 6) is -0.355. The van der Waals surface area contributed by atoms with Crippen molar-refractivity contribution >= 4 is 12.0 Å². The van der Waals surface area contributed by atoms with Crippen LogP contribution in [0.5, 0.6) is 0 Å². The van der Waals surface area contributed by atoms with Crippen LogP contribution < -0.4 is 10.6 Å². The van der Waals surface area contributed by atoms with E-state index in [4.69, 9.17) is 23.7 Å². The second kappa shape index (κ2) is 15.8. The summed E-state index contributed by atoms with van der Waals surface area (Å²) in [5, 5.41) is 5.24. The molecule has 0 radical (unpaired) electrons. The fourth-order valence-corrected chi connectivity index (χ4v) is 2.10. The minimum atomic E-state index is -0.851. The first kappa shape index (κ1) is 23.8. The van der Waals surface area contributed by atoms with Crippen LogP contribution in [-0.2, 0) is 35.0 Å². The van der Waals surface area contributed by atoms with E-state index >= 15 is 0 Å². The van der Waals surface area contributed by atoms with E-state index in [1.165, 1.54) is 7.11 Å². The molecule has 0 unspecified atom stereocenters. The summed E-state index contributed by atoms with van der Waals surface area (Å²) < 4.78 is 25.4. The average Bonchev–Trinajstić information content (AvgIpc) is 2.71. The van der Waals surface area contributed by atoms with Crippen LogP contribution in [0.4, 0.5) is 4.79 Å². The van der Waals surface area contributed by atoms with Crippen LogP contribution in [0.25, 0.3) is 0 Å². The maximum Gasteiger partial charge on any atom is 0.407 e. The van der Waals surface area contributed by atoms with Crippen LogP contribution in [-0.4, -0.2) is 78.5 Å². The maximum atomic E-state index is 12.3. The average molecular weight is 398 g/mol. The summed E-state index contributed by atoms with van der Waals surface area (Å²) in [6.45, 7) is 2.56. The molecule has 0 saturated carbocycles. The van der Waals surface area contributed by atoms with E-state index in [1.807, 2.05) is 30.3 Å². The van der Waals surface area contributed by atoms with E-state index in [9.17, 15) is 9.59 Å². The molecule has 9 nitrogen and oxygen atoms in total. The Morgan fingerprint density at radius 2 is 1.54 bits per heavy atom. The third-order valence-corrected chi connectivity index (χ3v) is 3.52. The van der Waals surface area contributed by atoms with Crippen molar-refractivity contribution < 1.29 is 33.3 Å². The fraction of sp³-hybridized carbons (Fsp3) is 0.579. The second-order valence-corrected chi connectivity index (χ2v) is 5.71. The number of carbonyl (C=O) groups is 2. The normalized spacial score (nSPS) is 11.6. The summed E-state index contributed by atoms with van der Waals surface area (Å²) >= 11 is 0. The Morgan fingerprint density at radius 1 is 0.893 bits per heavy atom. The van der Waals surface area contributed by atoms with Gasteiger partial charge in [-0.3, -0.25) is 4.79 Å². The highest BCUT2D eigenvalue weighted by Gasteiger charge is 2.21. The van der Waals surface area contributed by atoms with E-state index < -0.39 is 12.1 Å². The zero-order valence-corrected chi connectivity index (χ0v) is 16.5. The van der Waals surface area contributed by atoms with Crippen LogP contribution in [0.1, 0.15) is 5.56 Å². The molecular weight excluding hydrogens is 368 g/mol. The fourth-order valence-electron chi connectivity index (χ4n) is 2.10. The van der Waals surface area contributed by atoms with Gasteiger partial charge < -0.3 is 34.3 Å². The van der Waals surface area contributed by atoms with Crippen LogP contribution in [0.15, 0.2) is 30.3 Å². The third-order valence-electron chi connectivity index (χ3n) is 3.52. The number of alkyl carbamates (subject to hydrolysis) is 1. The minimum Gasteiger partial charge on any atom is -0.447 e. The molecule has 0 aliphatic heterocycles. The number of carbonyl (C=O) groups excluding carboxylic acids is 2. The van der Waals surface area contributed by atoms with E-state index in [2.05, 4.69) is 10.6 Å². The number of rotatable bonds is 15. The van der Waals surface area contributed by atoms with Gasteiger partial charge in [-0.05, 0) is 5.56 Å². The third kappa shape index (κ3) is 11.5. The molecule has 158 valence electrons. The standard InChI is InChI=1S/C19H30N2O7/c1-24-8-9-26-10-11-27-12-13-28-19(23)21-17(15-25-2)18(22)20-14-16-6-4-3-5-7-16/h3-7,17H,8-15H2,1-2H3,(H,20,22)(H,21,23)/t17-/m1/s1. The molecule has 9 heteroatoms. The molecule has 0 saturated heterocycles. The van der Waals surface area contributed by atoms with Crippen LogP contribution >= 0.6 is 0 Å². The number of amides is 2. The number of hydrogen-bond acceptors (Lipinski definition) is 7. The Labute approximate surface area is 165 Å². The second-order valence-electron chi connectivity index (χ2n) is 5.71. The van der Waals surface area contributed by atoms with Gasteiger partial charge >= 0.3 is 6.09 Å². The molecule has 0 fully saturated rings. The zero-order valence-electron chi connectivity index (χ0n) is 16.5. The van der Waals surface area contributed by atoms with Crippen molar-refractivity contribution in [1.82, 2.24) is 10.6 Å². The van der Waals surface area contributed by atoms with Crippen molar-refractivity contribution in [3.63, 3.8) is 0 Å². The summed E-state index contributed by atoms with van der Waals surface area (Å²) in [5.41, 5.74) is 0.956. The van der Waals surface area contributed by atoms with Crippen molar-refractivity contribution in [3.8, 4) is 0 Å². The van der Waals surface area contributed by atoms with Gasteiger partial charge in [0.05, 0.1) is 39.6 Å². The summed E-state index contributed by atoms with van der Waals surface area (Å²) in [4.78, 5) is 24.1. The highest BCUT2D eigenvalue weighted by atomic mass is 16.6. The maximum absolute atomic E-state index is 12.3. The minimum absolute atomic E-state index is 0.0328. The molecule has 0 bridgehead atoms. The lowest BCUT2D eigenvalue weighted by Crippen LogP contribution is -2.49. The van der Waals surface area contributed by atoms with Gasteiger partial charge in [-0.25, -0.2) is 4.79 Å². The molecule has 28 heavy (non-hydrogen) atoms. The first-order valence-corrected chi connectivity index (χ1v) is 9.05. The molecule has 0 spiro atoms. The highest BCUT2D eigenvalue weighted by Crippen LogP contribution is 1.98. The molecule has 0 heterocycles. The molecule has 0 aliphatic rings.